The van der Waals surface area contributed by atoms with E-state index in [2.05, 4.69) is 17.3 Å². The number of aryl methyl sites for hydroxylation is 2. The van der Waals surface area contributed by atoms with Crippen LogP contribution < -0.4 is 10.1 Å². The summed E-state index contributed by atoms with van der Waals surface area (Å²) in [5.74, 6) is 0.711. The Morgan fingerprint density at radius 2 is 2.00 bits per heavy atom. The summed E-state index contributed by atoms with van der Waals surface area (Å²) in [6, 6.07) is 5.92. The molecule has 1 unspecified atom stereocenters. The molecule has 0 saturated heterocycles. The fourth-order valence-corrected chi connectivity index (χ4v) is 2.54. The van der Waals surface area contributed by atoms with Gasteiger partial charge in [0.2, 0.25) is 0 Å². The Bertz CT molecular complexity index is 622. The van der Waals surface area contributed by atoms with Gasteiger partial charge in [-0.3, -0.25) is 4.68 Å². The molecule has 21 heavy (non-hydrogen) atoms. The zero-order valence-electron chi connectivity index (χ0n) is 13.1. The first kappa shape index (κ1) is 15.7. The highest BCUT2D eigenvalue weighted by Crippen LogP contribution is 2.30. The van der Waals surface area contributed by atoms with Gasteiger partial charge in [-0.05, 0) is 45.9 Å². The van der Waals surface area contributed by atoms with Gasteiger partial charge in [-0.1, -0.05) is 11.6 Å². The van der Waals surface area contributed by atoms with E-state index in [1.54, 1.807) is 0 Å². The molecule has 0 radical (unpaired) electrons. The van der Waals surface area contributed by atoms with Crippen molar-refractivity contribution in [3.05, 3.63) is 40.7 Å². The second kappa shape index (κ2) is 6.39. The van der Waals surface area contributed by atoms with Crippen LogP contribution in [0.15, 0.2) is 24.4 Å². The third-order valence-electron chi connectivity index (χ3n) is 3.20. The van der Waals surface area contributed by atoms with Crippen molar-refractivity contribution >= 4 is 17.3 Å². The molecule has 114 valence electrons. The summed E-state index contributed by atoms with van der Waals surface area (Å²) in [5.41, 5.74) is 3.17. The second-order valence-corrected chi connectivity index (χ2v) is 5.93. The number of ether oxygens (including phenoxy) is 1. The first-order valence-electron chi connectivity index (χ1n) is 7.09. The van der Waals surface area contributed by atoms with E-state index >= 15 is 0 Å². The van der Waals surface area contributed by atoms with Crippen LogP contribution in [0.25, 0.3) is 0 Å². The maximum atomic E-state index is 6.26. The maximum Gasteiger partial charge on any atom is 0.138 e. The first-order chi connectivity index (χ1) is 9.86. The fourth-order valence-electron chi connectivity index (χ4n) is 2.31. The minimum Gasteiger partial charge on any atom is -0.489 e. The topological polar surface area (TPSA) is 39.1 Å². The molecular weight excluding hydrogens is 286 g/mol. The highest BCUT2D eigenvalue weighted by Gasteiger charge is 2.12. The van der Waals surface area contributed by atoms with Crippen LogP contribution >= 0.6 is 11.6 Å². The summed E-state index contributed by atoms with van der Waals surface area (Å²) in [5, 5.41) is 8.42. The van der Waals surface area contributed by atoms with E-state index in [-0.39, 0.29) is 12.1 Å². The molecule has 0 aliphatic carbocycles. The molecule has 5 heteroatoms. The number of rotatable bonds is 5. The number of hydrogen-bond acceptors (Lipinski definition) is 3. The van der Waals surface area contributed by atoms with Gasteiger partial charge in [0.1, 0.15) is 5.75 Å². The van der Waals surface area contributed by atoms with Crippen LogP contribution in [0.4, 0.5) is 5.69 Å². The highest BCUT2D eigenvalue weighted by molar-refractivity contribution is 6.32. The van der Waals surface area contributed by atoms with E-state index in [1.807, 2.05) is 56.9 Å². The van der Waals surface area contributed by atoms with Crippen LogP contribution in [-0.4, -0.2) is 15.9 Å². The average Bonchev–Trinajstić information content (AvgIpc) is 2.71. The molecule has 4 nitrogen and oxygen atoms in total. The predicted molar refractivity (Wildman–Crippen MR) is 87.2 cm³/mol. The van der Waals surface area contributed by atoms with Gasteiger partial charge in [0.05, 0.1) is 22.9 Å². The van der Waals surface area contributed by atoms with Crippen molar-refractivity contribution in [1.82, 2.24) is 9.78 Å². The second-order valence-electron chi connectivity index (χ2n) is 5.52. The van der Waals surface area contributed by atoms with E-state index in [1.165, 1.54) is 5.56 Å². The Morgan fingerprint density at radius 1 is 1.29 bits per heavy atom. The van der Waals surface area contributed by atoms with Crippen molar-refractivity contribution in [2.45, 2.75) is 39.8 Å². The number of nitrogens with one attached hydrogen (secondary N) is 1. The summed E-state index contributed by atoms with van der Waals surface area (Å²) in [4.78, 5) is 0. The van der Waals surface area contributed by atoms with Crippen molar-refractivity contribution in [2.75, 3.05) is 5.32 Å². The molecule has 2 rings (SSSR count). The number of halogens is 1. The van der Waals surface area contributed by atoms with Crippen LogP contribution in [0.3, 0.4) is 0 Å². The molecule has 0 amide bonds. The smallest absolute Gasteiger partial charge is 0.138 e. The van der Waals surface area contributed by atoms with Gasteiger partial charge in [0.15, 0.2) is 0 Å². The van der Waals surface area contributed by atoms with E-state index in [4.69, 9.17) is 16.3 Å². The fraction of sp³-hybridized carbons (Fsp3) is 0.438. The Hall–Kier alpha value is -1.68. The molecule has 0 saturated carbocycles. The van der Waals surface area contributed by atoms with Gasteiger partial charge in [0, 0.05) is 24.5 Å². The molecule has 0 fully saturated rings. The third kappa shape index (κ3) is 3.91. The van der Waals surface area contributed by atoms with Gasteiger partial charge in [-0.15, -0.1) is 0 Å². The van der Waals surface area contributed by atoms with Crippen LogP contribution in [0, 0.1) is 6.92 Å². The number of anilines is 1. The minimum absolute atomic E-state index is 0.110. The van der Waals surface area contributed by atoms with Crippen molar-refractivity contribution in [3.8, 4) is 5.75 Å². The molecule has 1 atom stereocenters. The highest BCUT2D eigenvalue weighted by atomic mass is 35.5. The van der Waals surface area contributed by atoms with E-state index in [0.717, 1.165) is 11.4 Å². The van der Waals surface area contributed by atoms with Crippen LogP contribution in [-0.2, 0) is 7.05 Å². The quantitative estimate of drug-likeness (QED) is 0.893. The van der Waals surface area contributed by atoms with Crippen LogP contribution in [0.5, 0.6) is 5.75 Å². The van der Waals surface area contributed by atoms with Gasteiger partial charge in [-0.25, -0.2) is 0 Å². The van der Waals surface area contributed by atoms with Gasteiger partial charge >= 0.3 is 0 Å². The monoisotopic (exact) mass is 307 g/mol. The van der Waals surface area contributed by atoms with E-state index < -0.39 is 0 Å². The lowest BCUT2D eigenvalue weighted by molar-refractivity contribution is 0.242. The van der Waals surface area contributed by atoms with Crippen molar-refractivity contribution in [1.29, 1.82) is 0 Å². The Morgan fingerprint density at radius 3 is 2.52 bits per heavy atom. The normalized spacial score (nSPS) is 12.5. The molecule has 0 bridgehead atoms. The Balaban J connectivity index is 2.13. The summed E-state index contributed by atoms with van der Waals surface area (Å²) in [7, 11) is 1.93. The van der Waals surface area contributed by atoms with E-state index in [0.29, 0.717) is 10.8 Å². The van der Waals surface area contributed by atoms with Crippen molar-refractivity contribution < 1.29 is 4.74 Å². The Kier molecular flexibility index (Phi) is 4.78. The van der Waals surface area contributed by atoms with Crippen LogP contribution in [0.1, 0.15) is 38.1 Å². The lowest BCUT2D eigenvalue weighted by Gasteiger charge is -2.17. The number of hydrogen-bond donors (Lipinski definition) is 1. The first-order valence-corrected chi connectivity index (χ1v) is 7.47. The lowest BCUT2D eigenvalue weighted by Crippen LogP contribution is -2.08. The standard InChI is InChI=1S/C16H22ClN3O/c1-10(2)21-16-7-6-13(8-15(16)17)18-11(3)14-9-20(5)19-12(14)4/h6-11,18H,1-5H3. The van der Waals surface area contributed by atoms with Gasteiger partial charge in [-0.2, -0.15) is 5.10 Å². The van der Waals surface area contributed by atoms with Crippen LogP contribution in [0.2, 0.25) is 5.02 Å². The average molecular weight is 308 g/mol. The molecular formula is C16H22ClN3O. The Labute approximate surface area is 131 Å². The summed E-state index contributed by atoms with van der Waals surface area (Å²) in [6.45, 7) is 8.09. The molecule has 1 aromatic heterocycles. The molecule has 0 aliphatic heterocycles. The van der Waals surface area contributed by atoms with Crippen molar-refractivity contribution in [2.24, 2.45) is 7.05 Å². The number of aromatic nitrogens is 2. The molecule has 1 N–H and O–H groups in total. The molecule has 0 aliphatic rings. The minimum atomic E-state index is 0.110. The summed E-state index contributed by atoms with van der Waals surface area (Å²) >= 11 is 6.26. The molecule has 1 aromatic carbocycles. The maximum absolute atomic E-state index is 6.26. The predicted octanol–water partition coefficient (Wildman–Crippen LogP) is 4.34. The lowest BCUT2D eigenvalue weighted by atomic mass is 10.1. The third-order valence-corrected chi connectivity index (χ3v) is 3.49. The van der Waals surface area contributed by atoms with E-state index in [9.17, 15) is 0 Å². The zero-order valence-corrected chi connectivity index (χ0v) is 13.9. The molecule has 2 aromatic rings. The SMILES string of the molecule is Cc1nn(C)cc1C(C)Nc1ccc(OC(C)C)c(Cl)c1. The molecule has 0 spiro atoms. The number of benzene rings is 1. The summed E-state index contributed by atoms with van der Waals surface area (Å²) in [6.07, 6.45) is 2.14. The zero-order chi connectivity index (χ0) is 15.6. The van der Waals surface area contributed by atoms with Gasteiger partial charge in [0.25, 0.3) is 0 Å². The largest absolute Gasteiger partial charge is 0.489 e. The molecule has 1 heterocycles. The summed E-state index contributed by atoms with van der Waals surface area (Å²) < 4.78 is 7.47. The van der Waals surface area contributed by atoms with Gasteiger partial charge < -0.3 is 10.1 Å². The number of nitrogens with zero attached hydrogens (tertiary/aromatic N) is 2. The van der Waals surface area contributed by atoms with Crippen molar-refractivity contribution in [3.63, 3.8) is 0 Å².